The Kier molecular flexibility index (Phi) is 3.75. The van der Waals surface area contributed by atoms with Crippen molar-refractivity contribution in [3.63, 3.8) is 0 Å². The van der Waals surface area contributed by atoms with Crippen molar-refractivity contribution in [1.29, 1.82) is 0 Å². The van der Waals surface area contributed by atoms with Gasteiger partial charge in [-0.1, -0.05) is 23.8 Å². The monoisotopic (exact) mass is 243 g/mol. The normalized spacial score (nSPS) is 10.5. The summed E-state index contributed by atoms with van der Waals surface area (Å²) in [4.78, 5) is 1.26. The number of hydrogen-bond acceptors (Lipinski definition) is 2. The summed E-state index contributed by atoms with van der Waals surface area (Å²) in [6.07, 6.45) is 0. The molecule has 0 heterocycles. The molecule has 0 saturated heterocycles. The van der Waals surface area contributed by atoms with Gasteiger partial charge in [0.05, 0.1) is 0 Å². The summed E-state index contributed by atoms with van der Waals surface area (Å²) in [7, 11) is 0. The van der Waals surface area contributed by atoms with Crippen molar-refractivity contribution in [3.05, 3.63) is 59.2 Å². The quantitative estimate of drug-likeness (QED) is 0.646. The minimum absolute atomic E-state index is 0.820. The molecule has 2 aromatic carbocycles. The summed E-state index contributed by atoms with van der Waals surface area (Å²) in [6.45, 7) is 4.30. The van der Waals surface area contributed by atoms with Crippen molar-refractivity contribution in [2.75, 3.05) is 5.73 Å². The summed E-state index contributed by atoms with van der Waals surface area (Å²) in [5.74, 6) is 1.01. The molecule has 0 aromatic heterocycles. The van der Waals surface area contributed by atoms with E-state index in [0.717, 1.165) is 11.4 Å². The lowest BCUT2D eigenvalue weighted by Gasteiger charge is -2.07. The second kappa shape index (κ2) is 5.28. The molecule has 0 aliphatic heterocycles. The lowest BCUT2D eigenvalue weighted by Crippen LogP contribution is -1.88. The van der Waals surface area contributed by atoms with Gasteiger partial charge < -0.3 is 5.73 Å². The molecule has 2 heteroatoms. The van der Waals surface area contributed by atoms with Crippen molar-refractivity contribution < 1.29 is 0 Å². The first-order valence-electron chi connectivity index (χ1n) is 5.69. The fourth-order valence-electron chi connectivity index (χ4n) is 1.68. The SMILES string of the molecule is Cc1ccc(C)c(CSc2ccc(N)cc2)c1. The third-order valence-electron chi connectivity index (χ3n) is 2.78. The third kappa shape index (κ3) is 3.27. The van der Waals surface area contributed by atoms with E-state index in [4.69, 9.17) is 5.73 Å². The summed E-state index contributed by atoms with van der Waals surface area (Å²) in [6, 6.07) is 14.7. The molecule has 0 fully saturated rings. The number of anilines is 1. The maximum Gasteiger partial charge on any atom is 0.0314 e. The number of rotatable bonds is 3. The van der Waals surface area contributed by atoms with E-state index in [-0.39, 0.29) is 0 Å². The highest BCUT2D eigenvalue weighted by molar-refractivity contribution is 7.98. The van der Waals surface area contributed by atoms with E-state index < -0.39 is 0 Å². The van der Waals surface area contributed by atoms with Crippen LogP contribution in [0.1, 0.15) is 16.7 Å². The number of aryl methyl sites for hydroxylation is 2. The van der Waals surface area contributed by atoms with E-state index >= 15 is 0 Å². The molecule has 0 bridgehead atoms. The van der Waals surface area contributed by atoms with Gasteiger partial charge in [0, 0.05) is 16.3 Å². The maximum absolute atomic E-state index is 5.67. The maximum atomic E-state index is 5.67. The zero-order valence-corrected chi connectivity index (χ0v) is 11.1. The summed E-state index contributed by atoms with van der Waals surface area (Å²) >= 11 is 1.85. The largest absolute Gasteiger partial charge is 0.399 e. The standard InChI is InChI=1S/C15H17NS/c1-11-3-4-12(2)13(9-11)10-17-15-7-5-14(16)6-8-15/h3-9H,10,16H2,1-2H3. The molecule has 0 spiro atoms. The van der Waals surface area contributed by atoms with Crippen molar-refractivity contribution in [1.82, 2.24) is 0 Å². The predicted molar refractivity (Wildman–Crippen MR) is 76.3 cm³/mol. The second-order valence-corrected chi connectivity index (χ2v) is 5.34. The van der Waals surface area contributed by atoms with Gasteiger partial charge in [-0.3, -0.25) is 0 Å². The van der Waals surface area contributed by atoms with Crippen LogP contribution in [0.3, 0.4) is 0 Å². The van der Waals surface area contributed by atoms with Crippen LogP contribution in [0.25, 0.3) is 0 Å². The highest BCUT2D eigenvalue weighted by Crippen LogP contribution is 2.25. The molecule has 88 valence electrons. The summed E-state index contributed by atoms with van der Waals surface area (Å²) in [5, 5.41) is 0. The first-order chi connectivity index (χ1) is 8.15. The molecule has 0 atom stereocenters. The van der Waals surface area contributed by atoms with E-state index in [0.29, 0.717) is 0 Å². The van der Waals surface area contributed by atoms with E-state index in [9.17, 15) is 0 Å². The minimum Gasteiger partial charge on any atom is -0.399 e. The number of benzene rings is 2. The molecular weight excluding hydrogens is 226 g/mol. The Hall–Kier alpha value is -1.41. The lowest BCUT2D eigenvalue weighted by atomic mass is 10.1. The third-order valence-corrected chi connectivity index (χ3v) is 3.84. The Morgan fingerprint density at radius 1 is 1.00 bits per heavy atom. The molecule has 1 nitrogen and oxygen atoms in total. The molecule has 2 aromatic rings. The average molecular weight is 243 g/mol. The summed E-state index contributed by atoms with van der Waals surface area (Å²) < 4.78 is 0. The van der Waals surface area contributed by atoms with Gasteiger partial charge in [-0.15, -0.1) is 11.8 Å². The van der Waals surface area contributed by atoms with Crippen LogP contribution in [0.2, 0.25) is 0 Å². The van der Waals surface area contributed by atoms with Crippen LogP contribution in [0.5, 0.6) is 0 Å². The van der Waals surface area contributed by atoms with Gasteiger partial charge in [0.1, 0.15) is 0 Å². The van der Waals surface area contributed by atoms with Gasteiger partial charge in [-0.25, -0.2) is 0 Å². The Labute approximate surface area is 107 Å². The van der Waals surface area contributed by atoms with Crippen molar-refractivity contribution in [2.24, 2.45) is 0 Å². The van der Waals surface area contributed by atoms with Crippen LogP contribution in [0.15, 0.2) is 47.4 Å². The Balaban J connectivity index is 2.07. The molecule has 2 N–H and O–H groups in total. The molecule has 0 amide bonds. The van der Waals surface area contributed by atoms with E-state index in [2.05, 4.69) is 44.2 Å². The van der Waals surface area contributed by atoms with Crippen LogP contribution in [0, 0.1) is 13.8 Å². The van der Waals surface area contributed by atoms with E-state index in [1.165, 1.54) is 21.6 Å². The molecular formula is C15H17NS. The molecule has 0 aliphatic rings. The van der Waals surface area contributed by atoms with Crippen LogP contribution in [-0.4, -0.2) is 0 Å². The highest BCUT2D eigenvalue weighted by atomic mass is 32.2. The first kappa shape index (κ1) is 12.1. The molecule has 2 rings (SSSR count). The minimum atomic E-state index is 0.820. The second-order valence-electron chi connectivity index (χ2n) is 4.29. The van der Waals surface area contributed by atoms with Gasteiger partial charge in [-0.05, 0) is 49.2 Å². The fourth-order valence-corrected chi connectivity index (χ4v) is 2.64. The van der Waals surface area contributed by atoms with Crippen LogP contribution in [0.4, 0.5) is 5.69 Å². The summed E-state index contributed by atoms with van der Waals surface area (Å²) in [5.41, 5.74) is 10.6. The lowest BCUT2D eigenvalue weighted by molar-refractivity contribution is 1.27. The first-order valence-corrected chi connectivity index (χ1v) is 6.68. The Morgan fingerprint density at radius 2 is 1.71 bits per heavy atom. The zero-order chi connectivity index (χ0) is 12.3. The molecule has 0 saturated carbocycles. The van der Waals surface area contributed by atoms with Gasteiger partial charge >= 0.3 is 0 Å². The predicted octanol–water partition coefficient (Wildman–Crippen LogP) is 4.18. The van der Waals surface area contributed by atoms with Crippen molar-refractivity contribution >= 4 is 17.4 Å². The van der Waals surface area contributed by atoms with Crippen LogP contribution >= 0.6 is 11.8 Å². The smallest absolute Gasteiger partial charge is 0.0314 e. The van der Waals surface area contributed by atoms with Gasteiger partial charge in [0.25, 0.3) is 0 Å². The highest BCUT2D eigenvalue weighted by Gasteiger charge is 2.00. The van der Waals surface area contributed by atoms with Crippen molar-refractivity contribution in [2.45, 2.75) is 24.5 Å². The fraction of sp³-hybridized carbons (Fsp3) is 0.200. The van der Waals surface area contributed by atoms with E-state index in [1.807, 2.05) is 23.9 Å². The molecule has 0 aliphatic carbocycles. The Morgan fingerprint density at radius 3 is 2.41 bits per heavy atom. The molecule has 0 unspecified atom stereocenters. The van der Waals surface area contributed by atoms with Crippen LogP contribution < -0.4 is 5.73 Å². The van der Waals surface area contributed by atoms with Gasteiger partial charge in [0.15, 0.2) is 0 Å². The molecule has 17 heavy (non-hydrogen) atoms. The van der Waals surface area contributed by atoms with Crippen LogP contribution in [-0.2, 0) is 5.75 Å². The van der Waals surface area contributed by atoms with Crippen molar-refractivity contribution in [3.8, 4) is 0 Å². The van der Waals surface area contributed by atoms with Gasteiger partial charge in [-0.2, -0.15) is 0 Å². The topological polar surface area (TPSA) is 26.0 Å². The number of nitrogens with two attached hydrogens (primary N) is 1. The molecule has 0 radical (unpaired) electrons. The average Bonchev–Trinajstić information content (AvgIpc) is 2.32. The van der Waals surface area contributed by atoms with E-state index in [1.54, 1.807) is 0 Å². The number of thioether (sulfide) groups is 1. The van der Waals surface area contributed by atoms with Gasteiger partial charge in [0.2, 0.25) is 0 Å². The zero-order valence-electron chi connectivity index (χ0n) is 10.2. The number of nitrogen functional groups attached to an aromatic ring is 1. The number of hydrogen-bond donors (Lipinski definition) is 1. The Bertz CT molecular complexity index is 503.